The molecule has 1 fully saturated rings. The number of oxazole rings is 1. The van der Waals surface area contributed by atoms with E-state index in [1.807, 2.05) is 6.20 Å². The van der Waals surface area contributed by atoms with Gasteiger partial charge in [-0.05, 0) is 12.8 Å². The molecule has 0 unspecified atom stereocenters. The number of rotatable bonds is 7. The Morgan fingerprint density at radius 1 is 1.39 bits per heavy atom. The molecular formula is C13H22N2O3. The smallest absolute Gasteiger partial charge is 0.195 e. The van der Waals surface area contributed by atoms with Crippen LogP contribution in [0.15, 0.2) is 10.6 Å². The molecule has 1 aromatic heterocycles. The summed E-state index contributed by atoms with van der Waals surface area (Å²) in [5.74, 6) is 2.33. The highest BCUT2D eigenvalue weighted by Gasteiger charge is 2.19. The second-order valence-electron chi connectivity index (χ2n) is 4.54. The monoisotopic (exact) mass is 254 g/mol. The highest BCUT2D eigenvalue weighted by Crippen LogP contribution is 2.27. The van der Waals surface area contributed by atoms with Crippen molar-refractivity contribution in [3.8, 4) is 0 Å². The fraction of sp³-hybridized carbons (Fsp3) is 0.769. The largest absolute Gasteiger partial charge is 0.445 e. The molecule has 1 aromatic rings. The Kier molecular flexibility index (Phi) is 5.64. The predicted molar refractivity (Wildman–Crippen MR) is 67.7 cm³/mol. The van der Waals surface area contributed by atoms with Gasteiger partial charge in [-0.1, -0.05) is 0 Å². The third-order valence-corrected chi connectivity index (χ3v) is 3.19. The molecule has 0 aliphatic carbocycles. The highest BCUT2D eigenvalue weighted by atomic mass is 16.5. The zero-order valence-electron chi connectivity index (χ0n) is 11.0. The number of nitrogens with zero attached hydrogens (tertiary/aromatic N) is 1. The first kappa shape index (κ1) is 13.5. The van der Waals surface area contributed by atoms with E-state index in [1.54, 1.807) is 7.11 Å². The topological polar surface area (TPSA) is 56.5 Å². The van der Waals surface area contributed by atoms with E-state index in [2.05, 4.69) is 10.3 Å². The first-order valence-corrected chi connectivity index (χ1v) is 6.62. The van der Waals surface area contributed by atoms with Gasteiger partial charge in [0, 0.05) is 45.8 Å². The van der Waals surface area contributed by atoms with Gasteiger partial charge in [-0.3, -0.25) is 0 Å². The van der Waals surface area contributed by atoms with Crippen LogP contribution in [-0.4, -0.2) is 45.0 Å². The molecule has 1 aliphatic rings. The van der Waals surface area contributed by atoms with Crippen LogP contribution < -0.4 is 5.32 Å². The van der Waals surface area contributed by atoms with Crippen LogP contribution in [0.1, 0.15) is 30.4 Å². The zero-order chi connectivity index (χ0) is 12.6. The molecule has 0 saturated carbocycles. The number of methoxy groups -OCH3 is 1. The minimum absolute atomic E-state index is 0.487. The molecule has 2 rings (SSSR count). The van der Waals surface area contributed by atoms with Crippen molar-refractivity contribution in [1.29, 1.82) is 0 Å². The molecule has 0 aromatic carbocycles. The third kappa shape index (κ3) is 4.08. The summed E-state index contributed by atoms with van der Waals surface area (Å²) < 4.78 is 16.1. The van der Waals surface area contributed by atoms with Crippen LogP contribution in [0.5, 0.6) is 0 Å². The van der Waals surface area contributed by atoms with Gasteiger partial charge in [-0.2, -0.15) is 0 Å². The van der Waals surface area contributed by atoms with Crippen molar-refractivity contribution in [2.45, 2.75) is 25.2 Å². The first-order chi connectivity index (χ1) is 8.90. The van der Waals surface area contributed by atoms with E-state index in [-0.39, 0.29) is 0 Å². The Bertz CT molecular complexity index is 335. The molecule has 1 N–H and O–H groups in total. The standard InChI is InChI=1S/C13H22N2O3/c1-16-9-6-14-5-2-13-15-10-12(18-13)11-3-7-17-8-4-11/h10-11,14H,2-9H2,1H3. The second-order valence-corrected chi connectivity index (χ2v) is 4.54. The van der Waals surface area contributed by atoms with Gasteiger partial charge in [0.1, 0.15) is 5.76 Å². The fourth-order valence-corrected chi connectivity index (χ4v) is 2.11. The van der Waals surface area contributed by atoms with Gasteiger partial charge in [-0.15, -0.1) is 0 Å². The van der Waals surface area contributed by atoms with Gasteiger partial charge in [0.15, 0.2) is 5.89 Å². The summed E-state index contributed by atoms with van der Waals surface area (Å²) in [6, 6.07) is 0. The van der Waals surface area contributed by atoms with Crippen molar-refractivity contribution in [2.24, 2.45) is 0 Å². The number of aromatic nitrogens is 1. The maximum Gasteiger partial charge on any atom is 0.195 e. The lowest BCUT2D eigenvalue weighted by Crippen LogP contribution is -2.21. The molecule has 0 bridgehead atoms. The van der Waals surface area contributed by atoms with Crippen LogP contribution >= 0.6 is 0 Å². The molecule has 2 heterocycles. The van der Waals surface area contributed by atoms with Crippen LogP contribution in [0.4, 0.5) is 0 Å². The van der Waals surface area contributed by atoms with Gasteiger partial charge in [0.05, 0.1) is 12.8 Å². The van der Waals surface area contributed by atoms with Crippen LogP contribution in [0.3, 0.4) is 0 Å². The average Bonchev–Trinajstić information content (AvgIpc) is 2.88. The average molecular weight is 254 g/mol. The second kappa shape index (κ2) is 7.51. The minimum Gasteiger partial charge on any atom is -0.445 e. The van der Waals surface area contributed by atoms with Crippen molar-refractivity contribution in [3.05, 3.63) is 17.8 Å². The zero-order valence-corrected chi connectivity index (χ0v) is 11.0. The Morgan fingerprint density at radius 2 is 2.22 bits per heavy atom. The summed E-state index contributed by atoms with van der Waals surface area (Å²) in [4.78, 5) is 4.33. The summed E-state index contributed by atoms with van der Waals surface area (Å²) in [7, 11) is 1.70. The van der Waals surface area contributed by atoms with Crippen LogP contribution in [0.25, 0.3) is 0 Å². The summed E-state index contributed by atoms with van der Waals surface area (Å²) in [6.45, 7) is 4.14. The first-order valence-electron chi connectivity index (χ1n) is 6.62. The number of ether oxygens (including phenoxy) is 2. The van der Waals surface area contributed by atoms with Crippen molar-refractivity contribution in [1.82, 2.24) is 10.3 Å². The SMILES string of the molecule is COCCNCCc1ncc(C2CCOCC2)o1. The maximum atomic E-state index is 5.79. The molecule has 102 valence electrons. The summed E-state index contributed by atoms with van der Waals surface area (Å²) in [5, 5.41) is 3.28. The molecular weight excluding hydrogens is 232 g/mol. The van der Waals surface area contributed by atoms with Gasteiger partial charge in [-0.25, -0.2) is 4.98 Å². The lowest BCUT2D eigenvalue weighted by molar-refractivity contribution is 0.0804. The molecule has 0 amide bonds. The molecule has 5 heteroatoms. The lowest BCUT2D eigenvalue weighted by atomic mass is 9.98. The van der Waals surface area contributed by atoms with Crippen LogP contribution in [-0.2, 0) is 15.9 Å². The van der Waals surface area contributed by atoms with E-state index < -0.39 is 0 Å². The molecule has 18 heavy (non-hydrogen) atoms. The number of nitrogens with one attached hydrogen (secondary N) is 1. The van der Waals surface area contributed by atoms with E-state index in [1.165, 1.54) is 0 Å². The van der Waals surface area contributed by atoms with E-state index in [9.17, 15) is 0 Å². The Hall–Kier alpha value is -0.910. The van der Waals surface area contributed by atoms with E-state index in [0.29, 0.717) is 5.92 Å². The van der Waals surface area contributed by atoms with Crippen molar-refractivity contribution in [3.63, 3.8) is 0 Å². The van der Waals surface area contributed by atoms with Crippen molar-refractivity contribution >= 4 is 0 Å². The molecule has 0 spiro atoms. The van der Waals surface area contributed by atoms with Gasteiger partial charge >= 0.3 is 0 Å². The molecule has 5 nitrogen and oxygen atoms in total. The quantitative estimate of drug-likeness (QED) is 0.744. The third-order valence-electron chi connectivity index (χ3n) is 3.19. The summed E-state index contributed by atoms with van der Waals surface area (Å²) in [6.07, 6.45) is 4.79. The number of hydrogen-bond donors (Lipinski definition) is 1. The summed E-state index contributed by atoms with van der Waals surface area (Å²) in [5.41, 5.74) is 0. The van der Waals surface area contributed by atoms with Crippen molar-refractivity contribution in [2.75, 3.05) is 40.0 Å². The Morgan fingerprint density at radius 3 is 3.00 bits per heavy atom. The summed E-state index contributed by atoms with van der Waals surface area (Å²) >= 11 is 0. The van der Waals surface area contributed by atoms with Gasteiger partial charge in [0.2, 0.25) is 0 Å². The number of hydrogen-bond acceptors (Lipinski definition) is 5. The van der Waals surface area contributed by atoms with E-state index >= 15 is 0 Å². The fourth-order valence-electron chi connectivity index (χ4n) is 2.11. The lowest BCUT2D eigenvalue weighted by Gasteiger charge is -2.19. The minimum atomic E-state index is 0.487. The van der Waals surface area contributed by atoms with Crippen LogP contribution in [0.2, 0.25) is 0 Å². The Labute approximate surface area is 108 Å². The predicted octanol–water partition coefficient (Wildman–Crippen LogP) is 1.35. The van der Waals surface area contributed by atoms with E-state index in [0.717, 1.165) is 63.8 Å². The molecule has 1 saturated heterocycles. The van der Waals surface area contributed by atoms with Gasteiger partial charge in [0.25, 0.3) is 0 Å². The maximum absolute atomic E-state index is 5.79. The molecule has 1 aliphatic heterocycles. The Balaban J connectivity index is 1.72. The van der Waals surface area contributed by atoms with Crippen LogP contribution in [0, 0.1) is 0 Å². The highest BCUT2D eigenvalue weighted by molar-refractivity contribution is 5.03. The molecule has 0 radical (unpaired) electrons. The van der Waals surface area contributed by atoms with E-state index in [4.69, 9.17) is 13.9 Å². The van der Waals surface area contributed by atoms with Gasteiger partial charge < -0.3 is 19.2 Å². The normalized spacial score (nSPS) is 17.2. The van der Waals surface area contributed by atoms with Crippen molar-refractivity contribution < 1.29 is 13.9 Å². The molecule has 0 atom stereocenters.